The van der Waals surface area contributed by atoms with Gasteiger partial charge in [-0.1, -0.05) is 12.0 Å². The first-order valence-electron chi connectivity index (χ1n) is 6.86. The molecule has 23 heavy (non-hydrogen) atoms. The van der Waals surface area contributed by atoms with Crippen molar-refractivity contribution >= 4 is 15.7 Å². The van der Waals surface area contributed by atoms with E-state index in [1.54, 1.807) is 43.5 Å². The van der Waals surface area contributed by atoms with Gasteiger partial charge >= 0.3 is 0 Å². The number of sulfonamides is 1. The quantitative estimate of drug-likeness (QED) is 0.625. The zero-order valence-electron chi connectivity index (χ0n) is 12.7. The van der Waals surface area contributed by atoms with Crippen molar-refractivity contribution in [3.8, 4) is 18.1 Å². The Balaban J connectivity index is 2.11. The molecule has 0 fully saturated rings. The van der Waals surface area contributed by atoms with Gasteiger partial charge in [0.25, 0.3) is 10.0 Å². The fourth-order valence-electron chi connectivity index (χ4n) is 1.84. The van der Waals surface area contributed by atoms with E-state index < -0.39 is 10.0 Å². The predicted octanol–water partition coefficient (Wildman–Crippen LogP) is 2.49. The van der Waals surface area contributed by atoms with Gasteiger partial charge in [-0.15, -0.1) is 6.42 Å². The molecular formula is C17H17NO4S. The molecule has 6 heteroatoms. The van der Waals surface area contributed by atoms with E-state index in [4.69, 9.17) is 15.9 Å². The molecule has 0 aliphatic carbocycles. The van der Waals surface area contributed by atoms with Gasteiger partial charge < -0.3 is 9.47 Å². The molecule has 0 aromatic heterocycles. The van der Waals surface area contributed by atoms with Crippen molar-refractivity contribution in [2.75, 3.05) is 25.0 Å². The first-order valence-corrected chi connectivity index (χ1v) is 8.35. The van der Waals surface area contributed by atoms with Crippen LogP contribution in [0.5, 0.6) is 5.75 Å². The first kappa shape index (κ1) is 16.9. The minimum Gasteiger partial charge on any atom is -0.491 e. The number of hydrogen-bond donors (Lipinski definition) is 1. The summed E-state index contributed by atoms with van der Waals surface area (Å²) in [5, 5.41) is 0. The fraction of sp³-hybridized carbons (Fsp3) is 0.176. The molecule has 1 N–H and O–H groups in total. The van der Waals surface area contributed by atoms with Crippen LogP contribution in [0.3, 0.4) is 0 Å². The minimum atomic E-state index is -3.68. The molecule has 2 aromatic carbocycles. The highest BCUT2D eigenvalue weighted by Crippen LogP contribution is 2.19. The van der Waals surface area contributed by atoms with E-state index in [1.807, 2.05) is 0 Å². The smallest absolute Gasteiger partial charge is 0.261 e. The van der Waals surface area contributed by atoms with E-state index in [0.29, 0.717) is 30.2 Å². The molecule has 5 nitrogen and oxygen atoms in total. The summed E-state index contributed by atoms with van der Waals surface area (Å²) in [6, 6.07) is 12.8. The van der Waals surface area contributed by atoms with Gasteiger partial charge in [0, 0.05) is 12.7 Å². The van der Waals surface area contributed by atoms with E-state index >= 15 is 0 Å². The molecule has 2 rings (SSSR count). The van der Waals surface area contributed by atoms with Crippen molar-refractivity contribution in [3.63, 3.8) is 0 Å². The minimum absolute atomic E-state index is 0.141. The van der Waals surface area contributed by atoms with Crippen LogP contribution < -0.4 is 9.46 Å². The second kappa shape index (κ2) is 7.68. The second-order valence-electron chi connectivity index (χ2n) is 4.64. The van der Waals surface area contributed by atoms with Crippen LogP contribution in [-0.2, 0) is 14.8 Å². The summed E-state index contributed by atoms with van der Waals surface area (Å²) in [6.45, 7) is 0.868. The first-order chi connectivity index (χ1) is 11.0. The molecule has 0 spiro atoms. The fourth-order valence-corrected chi connectivity index (χ4v) is 2.89. The maximum atomic E-state index is 12.3. The van der Waals surface area contributed by atoms with E-state index in [2.05, 4.69) is 10.6 Å². The molecule has 0 atom stereocenters. The van der Waals surface area contributed by atoms with Gasteiger partial charge in [-0.3, -0.25) is 4.72 Å². The zero-order chi connectivity index (χ0) is 16.7. The highest BCUT2D eigenvalue weighted by Gasteiger charge is 2.14. The highest BCUT2D eigenvalue weighted by atomic mass is 32.2. The summed E-state index contributed by atoms with van der Waals surface area (Å²) in [6.07, 6.45) is 5.31. The third kappa shape index (κ3) is 4.74. The summed E-state index contributed by atoms with van der Waals surface area (Å²) < 4.78 is 37.5. The number of benzene rings is 2. The second-order valence-corrected chi connectivity index (χ2v) is 6.33. The van der Waals surface area contributed by atoms with Crippen molar-refractivity contribution < 1.29 is 17.9 Å². The zero-order valence-corrected chi connectivity index (χ0v) is 13.5. The van der Waals surface area contributed by atoms with Crippen molar-refractivity contribution in [2.24, 2.45) is 0 Å². The molecule has 0 saturated carbocycles. The third-order valence-corrected chi connectivity index (χ3v) is 4.37. The van der Waals surface area contributed by atoms with E-state index in [9.17, 15) is 8.42 Å². The van der Waals surface area contributed by atoms with Crippen molar-refractivity contribution in [2.45, 2.75) is 4.90 Å². The van der Waals surface area contributed by atoms with Crippen molar-refractivity contribution in [3.05, 3.63) is 54.1 Å². The van der Waals surface area contributed by atoms with Crippen LogP contribution in [0.15, 0.2) is 53.4 Å². The standard InChI is InChI=1S/C17H17NO4S/c1-3-14-5-4-6-15(13-14)18-23(19,20)17-9-7-16(8-10-17)22-12-11-21-2/h1,4-10,13,18H,11-12H2,2H3. The monoisotopic (exact) mass is 331 g/mol. The summed E-state index contributed by atoms with van der Waals surface area (Å²) in [5.41, 5.74) is 1.02. The predicted molar refractivity (Wildman–Crippen MR) is 89.0 cm³/mol. The largest absolute Gasteiger partial charge is 0.491 e. The van der Waals surface area contributed by atoms with Crippen LogP contribution in [0.4, 0.5) is 5.69 Å². The van der Waals surface area contributed by atoms with Gasteiger partial charge in [0.15, 0.2) is 0 Å². The summed E-state index contributed by atoms with van der Waals surface area (Å²) in [7, 11) is -2.10. The Morgan fingerprint density at radius 3 is 2.52 bits per heavy atom. The van der Waals surface area contributed by atoms with Gasteiger partial charge in [0.05, 0.1) is 17.2 Å². The molecule has 120 valence electrons. The van der Waals surface area contributed by atoms with Crippen LogP contribution in [0.25, 0.3) is 0 Å². The Kier molecular flexibility index (Phi) is 5.63. The molecule has 0 radical (unpaired) electrons. The van der Waals surface area contributed by atoms with Crippen LogP contribution in [0, 0.1) is 12.3 Å². The molecule has 2 aromatic rings. The number of hydrogen-bond acceptors (Lipinski definition) is 4. The van der Waals surface area contributed by atoms with Gasteiger partial charge in [-0.25, -0.2) is 8.42 Å². The molecule has 0 aliphatic heterocycles. The summed E-state index contributed by atoms with van der Waals surface area (Å²) >= 11 is 0. The Bertz CT molecular complexity index is 792. The van der Waals surface area contributed by atoms with Crippen LogP contribution in [0.2, 0.25) is 0 Å². The topological polar surface area (TPSA) is 64.6 Å². The number of terminal acetylenes is 1. The Labute approximate surface area is 136 Å². The van der Waals surface area contributed by atoms with Gasteiger partial charge in [-0.05, 0) is 42.5 Å². The number of methoxy groups -OCH3 is 1. The lowest BCUT2D eigenvalue weighted by atomic mass is 10.2. The van der Waals surface area contributed by atoms with E-state index in [1.165, 1.54) is 12.1 Å². The summed E-state index contributed by atoms with van der Waals surface area (Å²) in [5.74, 6) is 3.04. The average Bonchev–Trinajstić information content (AvgIpc) is 2.55. The number of rotatable bonds is 7. The molecule has 0 aliphatic rings. The van der Waals surface area contributed by atoms with Crippen molar-refractivity contribution in [1.82, 2.24) is 0 Å². The molecule has 0 saturated heterocycles. The van der Waals surface area contributed by atoms with Crippen LogP contribution in [-0.4, -0.2) is 28.7 Å². The lowest BCUT2D eigenvalue weighted by Crippen LogP contribution is -2.13. The number of ether oxygens (including phenoxy) is 2. The lowest BCUT2D eigenvalue weighted by molar-refractivity contribution is 0.146. The van der Waals surface area contributed by atoms with Crippen molar-refractivity contribution in [1.29, 1.82) is 0 Å². The average molecular weight is 331 g/mol. The van der Waals surface area contributed by atoms with E-state index in [0.717, 1.165) is 0 Å². The summed E-state index contributed by atoms with van der Waals surface area (Å²) in [4.78, 5) is 0.141. The number of nitrogens with one attached hydrogen (secondary N) is 1. The lowest BCUT2D eigenvalue weighted by Gasteiger charge is -2.10. The van der Waals surface area contributed by atoms with Gasteiger partial charge in [-0.2, -0.15) is 0 Å². The molecular weight excluding hydrogens is 314 g/mol. The van der Waals surface area contributed by atoms with Crippen LogP contribution in [0.1, 0.15) is 5.56 Å². The molecule has 0 bridgehead atoms. The molecule has 0 amide bonds. The number of anilines is 1. The molecule has 0 unspecified atom stereocenters. The SMILES string of the molecule is C#Cc1cccc(NS(=O)(=O)c2ccc(OCCOC)cc2)c1. The van der Waals surface area contributed by atoms with Crippen LogP contribution >= 0.6 is 0 Å². The highest BCUT2D eigenvalue weighted by molar-refractivity contribution is 7.92. The maximum absolute atomic E-state index is 12.3. The third-order valence-electron chi connectivity index (χ3n) is 2.97. The Hall–Kier alpha value is -2.49. The van der Waals surface area contributed by atoms with Gasteiger partial charge in [0.2, 0.25) is 0 Å². The van der Waals surface area contributed by atoms with E-state index in [-0.39, 0.29) is 4.90 Å². The maximum Gasteiger partial charge on any atom is 0.261 e. The Morgan fingerprint density at radius 2 is 1.87 bits per heavy atom. The molecule has 0 heterocycles. The van der Waals surface area contributed by atoms with Gasteiger partial charge in [0.1, 0.15) is 12.4 Å². The normalized spacial score (nSPS) is 10.8. The Morgan fingerprint density at radius 1 is 1.13 bits per heavy atom.